The molecule has 3 rings (SSSR count). The van der Waals surface area contributed by atoms with Crippen LogP contribution < -0.4 is 5.32 Å². The summed E-state index contributed by atoms with van der Waals surface area (Å²) in [6.07, 6.45) is 3.33. The molecule has 0 amide bonds. The summed E-state index contributed by atoms with van der Waals surface area (Å²) < 4.78 is 10.3. The summed E-state index contributed by atoms with van der Waals surface area (Å²) >= 11 is 5.95. The van der Waals surface area contributed by atoms with Crippen LogP contribution in [-0.2, 0) is 4.74 Å². The van der Waals surface area contributed by atoms with Gasteiger partial charge in [0, 0.05) is 24.3 Å². The van der Waals surface area contributed by atoms with E-state index in [1.165, 1.54) is 6.39 Å². The molecule has 0 unspecified atom stereocenters. The Morgan fingerprint density at radius 1 is 1.20 bits per heavy atom. The van der Waals surface area contributed by atoms with Gasteiger partial charge in [-0.3, -0.25) is 0 Å². The van der Waals surface area contributed by atoms with E-state index in [0.29, 0.717) is 16.9 Å². The monoisotopic (exact) mass is 293 g/mol. The van der Waals surface area contributed by atoms with Crippen molar-refractivity contribution in [1.29, 1.82) is 0 Å². The summed E-state index contributed by atoms with van der Waals surface area (Å²) in [5.41, 5.74) is 1.07. The van der Waals surface area contributed by atoms with Crippen molar-refractivity contribution in [3.8, 4) is 0 Å². The van der Waals surface area contributed by atoms with E-state index in [-0.39, 0.29) is 6.04 Å². The maximum atomic E-state index is 5.95. The third kappa shape index (κ3) is 3.17. The average molecular weight is 294 g/mol. The summed E-state index contributed by atoms with van der Waals surface area (Å²) in [6.45, 7) is 1.58. The van der Waals surface area contributed by atoms with Crippen LogP contribution in [-0.4, -0.2) is 29.4 Å². The van der Waals surface area contributed by atoms with Crippen molar-refractivity contribution in [2.24, 2.45) is 0 Å². The lowest BCUT2D eigenvalue weighted by Gasteiger charge is -2.27. The number of hydrogen-bond acceptors (Lipinski definition) is 5. The zero-order valence-electron chi connectivity index (χ0n) is 11.0. The molecule has 0 saturated carbocycles. The first kappa shape index (κ1) is 13.5. The molecule has 106 valence electrons. The number of rotatable bonds is 4. The molecule has 5 nitrogen and oxygen atoms in total. The quantitative estimate of drug-likeness (QED) is 0.939. The van der Waals surface area contributed by atoms with Crippen LogP contribution in [0.15, 0.2) is 35.2 Å². The normalized spacial score (nSPS) is 18.1. The highest BCUT2D eigenvalue weighted by atomic mass is 35.5. The standard InChI is InChI=1S/C14H16ClN3O2/c15-11-3-1-10(2-4-11)13(14-16-9-20-18-14)17-12-5-7-19-8-6-12/h1-4,9,12-13,17H,5-8H2/t13-/m1/s1. The van der Waals surface area contributed by atoms with Crippen molar-refractivity contribution < 1.29 is 9.26 Å². The summed E-state index contributed by atoms with van der Waals surface area (Å²) in [5.74, 6) is 0.638. The molecule has 20 heavy (non-hydrogen) atoms. The first-order valence-corrected chi connectivity index (χ1v) is 7.06. The molecule has 1 N–H and O–H groups in total. The number of hydrogen-bond donors (Lipinski definition) is 1. The maximum absolute atomic E-state index is 5.95. The van der Waals surface area contributed by atoms with E-state index in [0.717, 1.165) is 31.6 Å². The van der Waals surface area contributed by atoms with E-state index >= 15 is 0 Å². The van der Waals surface area contributed by atoms with Gasteiger partial charge in [0.2, 0.25) is 6.39 Å². The summed E-state index contributed by atoms with van der Waals surface area (Å²) in [7, 11) is 0. The smallest absolute Gasteiger partial charge is 0.213 e. The number of aromatic nitrogens is 2. The molecule has 0 aliphatic carbocycles. The van der Waals surface area contributed by atoms with Gasteiger partial charge in [0.05, 0.1) is 6.04 Å². The van der Waals surface area contributed by atoms with E-state index in [1.54, 1.807) is 0 Å². The van der Waals surface area contributed by atoms with Crippen LogP contribution in [0.5, 0.6) is 0 Å². The Balaban J connectivity index is 1.82. The highest BCUT2D eigenvalue weighted by Crippen LogP contribution is 2.23. The van der Waals surface area contributed by atoms with Gasteiger partial charge in [-0.15, -0.1) is 0 Å². The van der Waals surface area contributed by atoms with Crippen LogP contribution >= 0.6 is 11.6 Å². The lowest BCUT2D eigenvalue weighted by atomic mass is 10.0. The zero-order valence-corrected chi connectivity index (χ0v) is 11.7. The van der Waals surface area contributed by atoms with E-state index in [9.17, 15) is 0 Å². The fourth-order valence-corrected chi connectivity index (χ4v) is 2.51. The minimum absolute atomic E-state index is 0.0888. The third-order valence-electron chi connectivity index (χ3n) is 3.46. The van der Waals surface area contributed by atoms with Gasteiger partial charge in [0.1, 0.15) is 0 Å². The fourth-order valence-electron chi connectivity index (χ4n) is 2.38. The molecule has 0 bridgehead atoms. The van der Waals surface area contributed by atoms with Gasteiger partial charge in [-0.25, -0.2) is 0 Å². The predicted octanol–water partition coefficient (Wildman–Crippen LogP) is 2.58. The Morgan fingerprint density at radius 2 is 1.95 bits per heavy atom. The summed E-state index contributed by atoms with van der Waals surface area (Å²) in [5, 5.41) is 8.27. The third-order valence-corrected chi connectivity index (χ3v) is 3.72. The van der Waals surface area contributed by atoms with Crippen molar-refractivity contribution in [2.45, 2.75) is 24.9 Å². The van der Waals surface area contributed by atoms with Crippen LogP contribution in [0.4, 0.5) is 0 Å². The highest BCUT2D eigenvalue weighted by Gasteiger charge is 2.23. The Hall–Kier alpha value is -1.43. The van der Waals surface area contributed by atoms with Crippen LogP contribution in [0.2, 0.25) is 5.02 Å². The SMILES string of the molecule is Clc1ccc([C@@H](NC2CCOCC2)c2ncon2)cc1. The molecular weight excluding hydrogens is 278 g/mol. The van der Waals surface area contributed by atoms with Crippen molar-refractivity contribution >= 4 is 11.6 Å². The molecular formula is C14H16ClN3O2. The second-order valence-corrected chi connectivity index (χ2v) is 5.26. The van der Waals surface area contributed by atoms with E-state index in [4.69, 9.17) is 20.9 Å². The largest absolute Gasteiger partial charge is 0.381 e. The van der Waals surface area contributed by atoms with Crippen molar-refractivity contribution in [1.82, 2.24) is 15.5 Å². The van der Waals surface area contributed by atoms with Gasteiger partial charge in [0.25, 0.3) is 0 Å². The number of nitrogens with one attached hydrogen (secondary N) is 1. The van der Waals surface area contributed by atoms with Crippen LogP contribution in [0.3, 0.4) is 0 Å². The molecule has 1 aliphatic rings. The molecule has 1 atom stereocenters. The first-order chi connectivity index (χ1) is 9.83. The summed E-state index contributed by atoms with van der Waals surface area (Å²) in [4.78, 5) is 4.18. The number of benzene rings is 1. The topological polar surface area (TPSA) is 60.2 Å². The lowest BCUT2D eigenvalue weighted by Crippen LogP contribution is -2.38. The molecule has 1 fully saturated rings. The molecule has 2 heterocycles. The Morgan fingerprint density at radius 3 is 2.60 bits per heavy atom. The molecule has 2 aromatic rings. The fraction of sp³-hybridized carbons (Fsp3) is 0.429. The van der Waals surface area contributed by atoms with Gasteiger partial charge in [-0.1, -0.05) is 28.9 Å². The van der Waals surface area contributed by atoms with Gasteiger partial charge < -0.3 is 14.6 Å². The van der Waals surface area contributed by atoms with Gasteiger partial charge in [-0.05, 0) is 30.5 Å². The van der Waals surface area contributed by atoms with Crippen molar-refractivity contribution in [3.05, 3.63) is 47.1 Å². The van der Waals surface area contributed by atoms with E-state index < -0.39 is 0 Å². The average Bonchev–Trinajstić information content (AvgIpc) is 3.01. The van der Waals surface area contributed by atoms with Crippen LogP contribution in [0.25, 0.3) is 0 Å². The van der Waals surface area contributed by atoms with Crippen molar-refractivity contribution in [2.75, 3.05) is 13.2 Å². The predicted molar refractivity (Wildman–Crippen MR) is 74.6 cm³/mol. The Kier molecular flexibility index (Phi) is 4.30. The molecule has 1 saturated heterocycles. The highest BCUT2D eigenvalue weighted by molar-refractivity contribution is 6.30. The minimum atomic E-state index is -0.0888. The van der Waals surface area contributed by atoms with Gasteiger partial charge >= 0.3 is 0 Å². The maximum Gasteiger partial charge on any atom is 0.213 e. The molecule has 1 aromatic heterocycles. The molecule has 1 aliphatic heterocycles. The number of nitrogens with zero attached hydrogens (tertiary/aromatic N) is 2. The van der Waals surface area contributed by atoms with Gasteiger partial charge in [0.15, 0.2) is 5.82 Å². The number of halogens is 1. The second-order valence-electron chi connectivity index (χ2n) is 4.83. The minimum Gasteiger partial charge on any atom is -0.381 e. The van der Waals surface area contributed by atoms with Gasteiger partial charge in [-0.2, -0.15) is 4.98 Å². The van der Waals surface area contributed by atoms with Crippen LogP contribution in [0.1, 0.15) is 30.3 Å². The Bertz CT molecular complexity index is 524. The molecule has 0 radical (unpaired) electrons. The van der Waals surface area contributed by atoms with Crippen LogP contribution in [0, 0.1) is 0 Å². The van der Waals surface area contributed by atoms with E-state index in [1.807, 2.05) is 24.3 Å². The second kappa shape index (κ2) is 6.35. The molecule has 1 aromatic carbocycles. The Labute approximate surface area is 122 Å². The van der Waals surface area contributed by atoms with Crippen molar-refractivity contribution in [3.63, 3.8) is 0 Å². The molecule has 6 heteroatoms. The van der Waals surface area contributed by atoms with E-state index in [2.05, 4.69) is 15.5 Å². The lowest BCUT2D eigenvalue weighted by molar-refractivity contribution is 0.0757. The number of ether oxygens (including phenoxy) is 1. The summed E-state index contributed by atoms with van der Waals surface area (Å²) in [6, 6.07) is 8.01. The zero-order chi connectivity index (χ0) is 13.8. The first-order valence-electron chi connectivity index (χ1n) is 6.68. The molecule has 0 spiro atoms.